The summed E-state index contributed by atoms with van der Waals surface area (Å²) in [5.41, 5.74) is 0.946. The van der Waals surface area contributed by atoms with Crippen LogP contribution in [0, 0.1) is 18.7 Å². The van der Waals surface area contributed by atoms with Gasteiger partial charge in [-0.1, -0.05) is 6.07 Å². The van der Waals surface area contributed by atoms with E-state index >= 15 is 0 Å². The number of carbonyl (C=O) groups excluding carboxylic acids is 2. The molecule has 4 rings (SSSR count). The van der Waals surface area contributed by atoms with Crippen LogP contribution in [0.25, 0.3) is 0 Å². The molecule has 0 bridgehead atoms. The Morgan fingerprint density at radius 3 is 2.38 bits per heavy atom. The van der Waals surface area contributed by atoms with Gasteiger partial charge in [0.15, 0.2) is 0 Å². The lowest BCUT2D eigenvalue weighted by molar-refractivity contribution is -0.141. The fourth-order valence-electron chi connectivity index (χ4n) is 4.45. The summed E-state index contributed by atoms with van der Waals surface area (Å²) >= 11 is 0. The van der Waals surface area contributed by atoms with E-state index in [-0.39, 0.29) is 29.8 Å². The molecule has 3 amide bonds. The van der Waals surface area contributed by atoms with E-state index in [1.54, 1.807) is 24.0 Å². The third kappa shape index (κ3) is 4.55. The van der Waals surface area contributed by atoms with Gasteiger partial charge in [0.25, 0.3) is 0 Å². The molecule has 3 fully saturated rings. The third-order valence-electron chi connectivity index (χ3n) is 6.42. The van der Waals surface area contributed by atoms with Crippen LogP contribution in [-0.4, -0.2) is 60.1 Å². The Labute approximate surface area is 171 Å². The largest absolute Gasteiger partial charge is 0.381 e. The van der Waals surface area contributed by atoms with Crippen LogP contribution in [0.2, 0.25) is 0 Å². The number of hydrogen-bond donors (Lipinski definition) is 1. The van der Waals surface area contributed by atoms with Gasteiger partial charge in [0.1, 0.15) is 5.82 Å². The second kappa shape index (κ2) is 8.69. The SMILES string of the molecule is Cc1c(F)cccc1NC(=O)N1CCC(N(C(=O)C2CC2)C2CCOCC2)CC1. The summed E-state index contributed by atoms with van der Waals surface area (Å²) in [5.74, 6) is 0.178. The molecule has 1 saturated carbocycles. The summed E-state index contributed by atoms with van der Waals surface area (Å²) in [6.07, 6.45) is 5.38. The van der Waals surface area contributed by atoms with Gasteiger partial charge >= 0.3 is 6.03 Å². The lowest BCUT2D eigenvalue weighted by Crippen LogP contribution is -2.54. The van der Waals surface area contributed by atoms with Gasteiger partial charge in [0.2, 0.25) is 5.91 Å². The average molecular weight is 403 g/mol. The van der Waals surface area contributed by atoms with Gasteiger partial charge in [0.05, 0.1) is 0 Å². The molecule has 0 aromatic heterocycles. The van der Waals surface area contributed by atoms with Crippen molar-refractivity contribution in [2.24, 2.45) is 5.92 Å². The first-order valence-electron chi connectivity index (χ1n) is 10.8. The highest BCUT2D eigenvalue weighted by molar-refractivity contribution is 5.90. The Hall–Kier alpha value is -2.15. The molecule has 1 aromatic carbocycles. The van der Waals surface area contributed by atoms with Gasteiger partial charge in [-0.15, -0.1) is 0 Å². The van der Waals surface area contributed by atoms with Gasteiger partial charge < -0.3 is 19.9 Å². The molecule has 0 spiro atoms. The van der Waals surface area contributed by atoms with E-state index in [0.717, 1.165) is 38.5 Å². The number of amides is 3. The maximum atomic E-state index is 13.7. The molecule has 1 N–H and O–H groups in total. The molecule has 1 aromatic rings. The first-order chi connectivity index (χ1) is 14.0. The molecule has 2 aliphatic heterocycles. The minimum Gasteiger partial charge on any atom is -0.381 e. The van der Waals surface area contributed by atoms with E-state index in [9.17, 15) is 14.0 Å². The van der Waals surface area contributed by atoms with Crippen molar-refractivity contribution in [1.29, 1.82) is 0 Å². The first-order valence-corrected chi connectivity index (χ1v) is 10.8. The predicted octanol–water partition coefficient (Wildman–Crippen LogP) is 3.55. The topological polar surface area (TPSA) is 61.9 Å². The number of urea groups is 1. The molecule has 0 unspecified atom stereocenters. The standard InChI is InChI=1S/C22H30FN3O3/c1-15-19(23)3-2-4-20(15)24-22(28)25-11-7-17(8-12-25)26(21(27)16-5-6-16)18-9-13-29-14-10-18/h2-4,16-18H,5-14H2,1H3,(H,24,28). The van der Waals surface area contributed by atoms with E-state index in [4.69, 9.17) is 4.74 Å². The van der Waals surface area contributed by atoms with Crippen LogP contribution >= 0.6 is 0 Å². The molecular formula is C22H30FN3O3. The van der Waals surface area contributed by atoms with Crippen LogP contribution < -0.4 is 5.32 Å². The monoisotopic (exact) mass is 403 g/mol. The summed E-state index contributed by atoms with van der Waals surface area (Å²) < 4.78 is 19.2. The van der Waals surface area contributed by atoms with Crippen molar-refractivity contribution in [1.82, 2.24) is 9.80 Å². The summed E-state index contributed by atoms with van der Waals surface area (Å²) in [6, 6.07) is 4.94. The Morgan fingerprint density at radius 1 is 1.07 bits per heavy atom. The van der Waals surface area contributed by atoms with Crippen molar-refractivity contribution in [3.8, 4) is 0 Å². The third-order valence-corrected chi connectivity index (χ3v) is 6.42. The number of halogens is 1. The zero-order chi connectivity index (χ0) is 20.4. The summed E-state index contributed by atoms with van der Waals surface area (Å²) in [6.45, 7) is 4.29. The molecule has 158 valence electrons. The molecule has 1 aliphatic carbocycles. The number of hydrogen-bond acceptors (Lipinski definition) is 3. The highest BCUT2D eigenvalue weighted by atomic mass is 19.1. The smallest absolute Gasteiger partial charge is 0.321 e. The Balaban J connectivity index is 1.37. The molecule has 2 heterocycles. The summed E-state index contributed by atoms with van der Waals surface area (Å²) in [7, 11) is 0. The van der Waals surface area contributed by atoms with Crippen molar-refractivity contribution in [2.45, 2.75) is 57.5 Å². The highest BCUT2D eigenvalue weighted by Gasteiger charge is 2.41. The van der Waals surface area contributed by atoms with Crippen LogP contribution in [0.4, 0.5) is 14.9 Å². The number of nitrogens with one attached hydrogen (secondary N) is 1. The number of likely N-dealkylation sites (tertiary alicyclic amines) is 1. The zero-order valence-electron chi connectivity index (χ0n) is 17.0. The van der Waals surface area contributed by atoms with Crippen molar-refractivity contribution >= 4 is 17.6 Å². The van der Waals surface area contributed by atoms with E-state index < -0.39 is 0 Å². The molecular weight excluding hydrogens is 373 g/mol. The van der Waals surface area contributed by atoms with Crippen LogP contribution in [-0.2, 0) is 9.53 Å². The number of ether oxygens (including phenoxy) is 1. The number of carbonyl (C=O) groups is 2. The number of anilines is 1. The molecule has 3 aliphatic rings. The molecule has 29 heavy (non-hydrogen) atoms. The average Bonchev–Trinajstić information content (AvgIpc) is 3.58. The van der Waals surface area contributed by atoms with E-state index in [2.05, 4.69) is 10.2 Å². The van der Waals surface area contributed by atoms with Crippen LogP contribution in [0.15, 0.2) is 18.2 Å². The van der Waals surface area contributed by atoms with Crippen molar-refractivity contribution < 1.29 is 18.7 Å². The van der Waals surface area contributed by atoms with Crippen LogP contribution in [0.3, 0.4) is 0 Å². The zero-order valence-corrected chi connectivity index (χ0v) is 17.0. The van der Waals surface area contributed by atoms with Gasteiger partial charge in [0, 0.05) is 55.6 Å². The van der Waals surface area contributed by atoms with Crippen LogP contribution in [0.1, 0.15) is 44.1 Å². The maximum Gasteiger partial charge on any atom is 0.321 e. The van der Waals surface area contributed by atoms with Crippen molar-refractivity contribution in [3.63, 3.8) is 0 Å². The first kappa shape index (κ1) is 20.1. The highest BCUT2D eigenvalue weighted by Crippen LogP contribution is 2.35. The van der Waals surface area contributed by atoms with Crippen molar-refractivity contribution in [3.05, 3.63) is 29.6 Å². The van der Waals surface area contributed by atoms with E-state index in [1.165, 1.54) is 6.07 Å². The Bertz CT molecular complexity index is 754. The van der Waals surface area contributed by atoms with Crippen molar-refractivity contribution in [2.75, 3.05) is 31.6 Å². The number of rotatable bonds is 4. The fraction of sp³-hybridized carbons (Fsp3) is 0.636. The second-order valence-corrected chi connectivity index (χ2v) is 8.42. The fourth-order valence-corrected chi connectivity index (χ4v) is 4.45. The lowest BCUT2D eigenvalue weighted by Gasteiger charge is -2.43. The van der Waals surface area contributed by atoms with Gasteiger partial charge in [-0.2, -0.15) is 0 Å². The molecule has 0 radical (unpaired) electrons. The summed E-state index contributed by atoms with van der Waals surface area (Å²) in [4.78, 5) is 29.6. The van der Waals surface area contributed by atoms with Crippen LogP contribution in [0.5, 0.6) is 0 Å². The normalized spacial score (nSPS) is 21.1. The minimum absolute atomic E-state index is 0.186. The summed E-state index contributed by atoms with van der Waals surface area (Å²) in [5, 5.41) is 2.83. The minimum atomic E-state index is -0.327. The Morgan fingerprint density at radius 2 is 1.72 bits per heavy atom. The number of benzene rings is 1. The lowest BCUT2D eigenvalue weighted by atomic mass is 9.97. The predicted molar refractivity (Wildman–Crippen MR) is 108 cm³/mol. The maximum absolute atomic E-state index is 13.7. The van der Waals surface area contributed by atoms with Gasteiger partial charge in [-0.25, -0.2) is 9.18 Å². The Kier molecular flexibility index (Phi) is 6.04. The van der Waals surface area contributed by atoms with Gasteiger partial charge in [-0.05, 0) is 57.6 Å². The quantitative estimate of drug-likeness (QED) is 0.836. The molecule has 0 atom stereocenters. The number of nitrogens with zero attached hydrogens (tertiary/aromatic N) is 2. The second-order valence-electron chi connectivity index (χ2n) is 8.42. The number of piperidine rings is 1. The molecule has 2 saturated heterocycles. The van der Waals surface area contributed by atoms with E-state index in [0.29, 0.717) is 43.5 Å². The molecule has 6 nitrogen and oxygen atoms in total. The van der Waals surface area contributed by atoms with Gasteiger partial charge in [-0.3, -0.25) is 4.79 Å². The molecule has 7 heteroatoms. The van der Waals surface area contributed by atoms with E-state index in [1.807, 2.05) is 0 Å².